The lowest BCUT2D eigenvalue weighted by Gasteiger charge is -1.90. The summed E-state index contributed by atoms with van der Waals surface area (Å²) >= 11 is 5.59. The van der Waals surface area contributed by atoms with Gasteiger partial charge in [0.1, 0.15) is 5.52 Å². The van der Waals surface area contributed by atoms with Gasteiger partial charge in [0.05, 0.1) is 5.56 Å². The van der Waals surface area contributed by atoms with Crippen LogP contribution in [-0.2, 0) is 0 Å². The van der Waals surface area contributed by atoms with E-state index in [-0.39, 0.29) is 16.3 Å². The smallest absolute Gasteiger partial charge is 0.337 e. The minimum atomic E-state index is -1.07. The Kier molecular flexibility index (Phi) is 1.66. The summed E-state index contributed by atoms with van der Waals surface area (Å²) in [5.74, 6) is -1.07. The molecule has 0 aromatic carbocycles. The van der Waals surface area contributed by atoms with Gasteiger partial charge in [0.15, 0.2) is 10.7 Å². The van der Waals surface area contributed by atoms with Gasteiger partial charge >= 0.3 is 5.97 Å². The van der Waals surface area contributed by atoms with Crippen molar-refractivity contribution >= 4 is 28.7 Å². The van der Waals surface area contributed by atoms with Crippen LogP contribution in [-0.4, -0.2) is 21.2 Å². The summed E-state index contributed by atoms with van der Waals surface area (Å²) in [4.78, 5) is 14.3. The Morgan fingerprint density at radius 2 is 2.38 bits per heavy atom. The molecule has 0 unspecified atom stereocenters. The first kappa shape index (κ1) is 8.00. The molecule has 2 aromatic rings. The van der Waals surface area contributed by atoms with Crippen molar-refractivity contribution in [2.75, 3.05) is 0 Å². The zero-order valence-corrected chi connectivity index (χ0v) is 6.95. The van der Waals surface area contributed by atoms with Gasteiger partial charge in [-0.05, 0) is 0 Å². The molecule has 0 aliphatic heterocycles. The number of carbonyl (C=O) groups is 1. The SMILES string of the molecule is O=C(O)c1cnc2c(Cl)noc2c1. The zero-order chi connectivity index (χ0) is 9.42. The van der Waals surface area contributed by atoms with Crippen molar-refractivity contribution < 1.29 is 14.4 Å². The van der Waals surface area contributed by atoms with Crippen molar-refractivity contribution in [2.24, 2.45) is 0 Å². The average Bonchev–Trinajstić information content (AvgIpc) is 2.47. The number of fused-ring (bicyclic) bond motifs is 1. The van der Waals surface area contributed by atoms with Crippen LogP contribution >= 0.6 is 11.6 Å². The quantitative estimate of drug-likeness (QED) is 0.753. The molecular formula is C7H3ClN2O3. The lowest BCUT2D eigenvalue weighted by Crippen LogP contribution is -1.96. The lowest BCUT2D eigenvalue weighted by molar-refractivity contribution is 0.0696. The number of carboxylic acids is 1. The molecule has 0 saturated carbocycles. The zero-order valence-electron chi connectivity index (χ0n) is 6.19. The van der Waals surface area contributed by atoms with E-state index < -0.39 is 5.97 Å². The molecule has 1 N–H and O–H groups in total. The Morgan fingerprint density at radius 3 is 3.08 bits per heavy atom. The Labute approximate surface area is 76.9 Å². The number of pyridine rings is 1. The fourth-order valence-electron chi connectivity index (χ4n) is 0.919. The topological polar surface area (TPSA) is 76.2 Å². The molecule has 0 spiro atoms. The van der Waals surface area contributed by atoms with Crippen LogP contribution in [0.2, 0.25) is 5.15 Å². The van der Waals surface area contributed by atoms with Gasteiger partial charge in [-0.15, -0.1) is 0 Å². The molecule has 0 radical (unpaired) electrons. The number of hydrogen-bond donors (Lipinski definition) is 1. The van der Waals surface area contributed by atoms with Crippen molar-refractivity contribution in [1.82, 2.24) is 10.1 Å². The monoisotopic (exact) mass is 198 g/mol. The maximum Gasteiger partial charge on any atom is 0.337 e. The minimum Gasteiger partial charge on any atom is -0.478 e. The summed E-state index contributed by atoms with van der Waals surface area (Å²) < 4.78 is 4.73. The highest BCUT2D eigenvalue weighted by atomic mass is 35.5. The van der Waals surface area contributed by atoms with Crippen molar-refractivity contribution in [3.63, 3.8) is 0 Å². The average molecular weight is 199 g/mol. The first-order chi connectivity index (χ1) is 6.18. The Morgan fingerprint density at radius 1 is 1.62 bits per heavy atom. The predicted molar refractivity (Wildman–Crippen MR) is 43.8 cm³/mol. The highest BCUT2D eigenvalue weighted by Crippen LogP contribution is 2.20. The van der Waals surface area contributed by atoms with Gasteiger partial charge in [0.2, 0.25) is 0 Å². The highest BCUT2D eigenvalue weighted by molar-refractivity contribution is 6.33. The molecule has 2 heterocycles. The summed E-state index contributed by atoms with van der Waals surface area (Å²) in [6.07, 6.45) is 1.20. The summed E-state index contributed by atoms with van der Waals surface area (Å²) in [6.45, 7) is 0. The van der Waals surface area contributed by atoms with Crippen LogP contribution in [0.1, 0.15) is 10.4 Å². The van der Waals surface area contributed by atoms with Crippen LogP contribution in [0.4, 0.5) is 0 Å². The van der Waals surface area contributed by atoms with Gasteiger partial charge in [-0.25, -0.2) is 9.78 Å². The van der Waals surface area contributed by atoms with Crippen LogP contribution in [0.5, 0.6) is 0 Å². The first-order valence-corrected chi connectivity index (χ1v) is 3.70. The molecule has 2 rings (SSSR count). The third-order valence-corrected chi connectivity index (χ3v) is 1.77. The summed E-state index contributed by atoms with van der Waals surface area (Å²) in [5, 5.41) is 12.2. The number of carboxylic acid groups (broad SMARTS) is 1. The molecule has 5 nitrogen and oxygen atoms in total. The molecule has 2 aromatic heterocycles. The van der Waals surface area contributed by atoms with E-state index in [1.165, 1.54) is 12.3 Å². The van der Waals surface area contributed by atoms with Gasteiger partial charge in [0, 0.05) is 12.3 Å². The van der Waals surface area contributed by atoms with E-state index in [0.29, 0.717) is 5.52 Å². The fourth-order valence-corrected chi connectivity index (χ4v) is 1.09. The molecule has 0 atom stereocenters. The van der Waals surface area contributed by atoms with Gasteiger partial charge in [-0.1, -0.05) is 16.8 Å². The highest BCUT2D eigenvalue weighted by Gasteiger charge is 2.10. The molecule has 66 valence electrons. The van der Waals surface area contributed by atoms with E-state index in [2.05, 4.69) is 10.1 Å². The Hall–Kier alpha value is -1.62. The standard InChI is InChI=1S/C7H3ClN2O3/c8-6-5-4(13-10-6)1-3(2-9-5)7(11)12/h1-2H,(H,11,12). The van der Waals surface area contributed by atoms with Gasteiger partial charge in [0.25, 0.3) is 0 Å². The molecular weight excluding hydrogens is 196 g/mol. The van der Waals surface area contributed by atoms with E-state index >= 15 is 0 Å². The maximum atomic E-state index is 10.5. The van der Waals surface area contributed by atoms with E-state index in [0.717, 1.165) is 0 Å². The molecule has 13 heavy (non-hydrogen) atoms. The van der Waals surface area contributed by atoms with E-state index in [1.807, 2.05) is 0 Å². The van der Waals surface area contributed by atoms with Crippen LogP contribution < -0.4 is 0 Å². The second-order valence-corrected chi connectivity index (χ2v) is 2.71. The molecule has 0 bridgehead atoms. The van der Waals surface area contributed by atoms with Crippen LogP contribution in [0.3, 0.4) is 0 Å². The van der Waals surface area contributed by atoms with Crippen molar-refractivity contribution in [3.8, 4) is 0 Å². The molecule has 0 aliphatic carbocycles. The number of aromatic nitrogens is 2. The van der Waals surface area contributed by atoms with Crippen molar-refractivity contribution in [2.45, 2.75) is 0 Å². The fraction of sp³-hybridized carbons (Fsp3) is 0. The third kappa shape index (κ3) is 1.23. The number of rotatable bonds is 1. The van der Waals surface area contributed by atoms with Gasteiger partial charge in [-0.2, -0.15) is 0 Å². The number of nitrogens with zero attached hydrogens (tertiary/aromatic N) is 2. The van der Waals surface area contributed by atoms with Crippen molar-refractivity contribution in [1.29, 1.82) is 0 Å². The van der Waals surface area contributed by atoms with Crippen LogP contribution in [0.25, 0.3) is 11.1 Å². The molecule has 0 aliphatic rings. The summed E-state index contributed by atoms with van der Waals surface area (Å²) in [5.41, 5.74) is 0.678. The molecule has 0 fully saturated rings. The van der Waals surface area contributed by atoms with Crippen LogP contribution in [0, 0.1) is 0 Å². The van der Waals surface area contributed by atoms with E-state index in [1.54, 1.807) is 0 Å². The molecule has 0 amide bonds. The van der Waals surface area contributed by atoms with E-state index in [4.69, 9.17) is 21.2 Å². The third-order valence-electron chi connectivity index (χ3n) is 1.52. The molecule has 6 heteroatoms. The predicted octanol–water partition coefficient (Wildman–Crippen LogP) is 1.57. The number of halogens is 1. The number of hydrogen-bond acceptors (Lipinski definition) is 4. The Bertz CT molecular complexity index is 480. The number of aromatic carboxylic acids is 1. The minimum absolute atomic E-state index is 0.0420. The second kappa shape index (κ2) is 2.70. The summed E-state index contributed by atoms with van der Waals surface area (Å²) in [7, 11) is 0. The largest absolute Gasteiger partial charge is 0.478 e. The van der Waals surface area contributed by atoms with E-state index in [9.17, 15) is 4.79 Å². The lowest BCUT2D eigenvalue weighted by atomic mass is 10.3. The summed E-state index contributed by atoms with van der Waals surface area (Å²) in [6, 6.07) is 1.32. The second-order valence-electron chi connectivity index (χ2n) is 2.35. The Balaban J connectivity index is 2.70. The van der Waals surface area contributed by atoms with Gasteiger partial charge < -0.3 is 9.63 Å². The molecule has 0 saturated heterocycles. The normalized spacial score (nSPS) is 10.5. The van der Waals surface area contributed by atoms with Gasteiger partial charge in [-0.3, -0.25) is 0 Å². The maximum absolute atomic E-state index is 10.5. The first-order valence-electron chi connectivity index (χ1n) is 3.32. The van der Waals surface area contributed by atoms with Crippen molar-refractivity contribution in [3.05, 3.63) is 23.0 Å². The van der Waals surface area contributed by atoms with Crippen LogP contribution in [0.15, 0.2) is 16.8 Å².